The van der Waals surface area contributed by atoms with Gasteiger partial charge in [-0.3, -0.25) is 10.3 Å². The lowest BCUT2D eigenvalue weighted by atomic mass is 9.98. The minimum Gasteiger partial charge on any atom is -0.435 e. The Balaban J connectivity index is 1.69. The number of aromatic nitrogens is 3. The molecular weight excluding hydrogens is 450 g/mol. The van der Waals surface area contributed by atoms with Crippen molar-refractivity contribution in [2.45, 2.75) is 19.2 Å². The number of rotatable bonds is 6. The Morgan fingerprint density at radius 1 is 1.18 bits per heavy atom. The molecule has 5 rings (SSSR count). The zero-order valence-corrected chi connectivity index (χ0v) is 17.8. The summed E-state index contributed by atoms with van der Waals surface area (Å²) in [5, 5.41) is 8.24. The fourth-order valence-electron chi connectivity index (χ4n) is 4.05. The lowest BCUT2D eigenvalue weighted by Crippen LogP contribution is -2.12. The van der Waals surface area contributed by atoms with Crippen LogP contribution in [0, 0.1) is 0 Å². The van der Waals surface area contributed by atoms with Gasteiger partial charge in [0.1, 0.15) is 12.0 Å². The maximum absolute atomic E-state index is 12.8. The number of nitrogens with one attached hydrogen (secondary N) is 1. The van der Waals surface area contributed by atoms with E-state index in [0.717, 1.165) is 23.0 Å². The topological polar surface area (TPSA) is 69.0 Å². The molecule has 2 aromatic heterocycles. The van der Waals surface area contributed by atoms with Crippen molar-refractivity contribution >= 4 is 17.9 Å². The van der Waals surface area contributed by atoms with E-state index >= 15 is 0 Å². The Hall–Kier alpha value is -3.62. The minimum absolute atomic E-state index is 0.0494. The van der Waals surface area contributed by atoms with Gasteiger partial charge in [0.05, 0.1) is 29.3 Å². The molecule has 0 spiro atoms. The molecule has 1 unspecified atom stereocenters. The van der Waals surface area contributed by atoms with Crippen LogP contribution in [0.3, 0.4) is 0 Å². The molecule has 0 saturated heterocycles. The van der Waals surface area contributed by atoms with Crippen molar-refractivity contribution in [1.82, 2.24) is 20.1 Å². The Labute approximate surface area is 192 Å². The first-order valence-corrected chi connectivity index (χ1v) is 10.5. The average molecular weight is 467 g/mol. The summed E-state index contributed by atoms with van der Waals surface area (Å²) in [4.78, 5) is 15.6. The van der Waals surface area contributed by atoms with Crippen LogP contribution in [0.2, 0.25) is 5.02 Å². The van der Waals surface area contributed by atoms with Crippen molar-refractivity contribution in [2.24, 2.45) is 0 Å². The number of benzene rings is 2. The summed E-state index contributed by atoms with van der Waals surface area (Å²) < 4.78 is 31.9. The van der Waals surface area contributed by atoms with Gasteiger partial charge in [0.25, 0.3) is 0 Å². The normalized spacial score (nSPS) is 15.0. The number of aldehydes is 1. The van der Waals surface area contributed by atoms with Crippen LogP contribution in [0.5, 0.6) is 5.75 Å². The highest BCUT2D eigenvalue weighted by atomic mass is 35.5. The van der Waals surface area contributed by atoms with E-state index in [0.29, 0.717) is 29.2 Å². The van der Waals surface area contributed by atoms with Crippen LogP contribution in [-0.4, -0.2) is 27.7 Å². The van der Waals surface area contributed by atoms with E-state index in [-0.39, 0.29) is 16.8 Å². The number of hydrogen-bond donors (Lipinski definition) is 1. The van der Waals surface area contributed by atoms with Crippen LogP contribution in [0.4, 0.5) is 8.78 Å². The molecule has 0 aliphatic carbocycles. The zero-order valence-electron chi connectivity index (χ0n) is 17.1. The van der Waals surface area contributed by atoms with Crippen molar-refractivity contribution < 1.29 is 18.3 Å². The fraction of sp³-hybridized carbons (Fsp3) is 0.125. The van der Waals surface area contributed by atoms with Crippen LogP contribution in [0.15, 0.2) is 67.0 Å². The van der Waals surface area contributed by atoms with E-state index < -0.39 is 6.61 Å². The third-order valence-corrected chi connectivity index (χ3v) is 5.67. The Morgan fingerprint density at radius 2 is 2.06 bits per heavy atom. The molecule has 0 bridgehead atoms. The SMILES string of the molecule is O=CC1NCc2c(-c3cc(-c4cc(Cl)cc(OC(F)F)c4)n(-c4cccnc4)n3)cccc21. The third kappa shape index (κ3) is 4.10. The Bertz CT molecular complexity index is 1330. The van der Waals surface area contributed by atoms with Crippen LogP contribution in [0.25, 0.3) is 28.2 Å². The molecule has 0 saturated carbocycles. The maximum Gasteiger partial charge on any atom is 0.387 e. The van der Waals surface area contributed by atoms with E-state index in [2.05, 4.69) is 15.0 Å². The summed E-state index contributed by atoms with van der Waals surface area (Å²) in [5.41, 5.74) is 5.30. The van der Waals surface area contributed by atoms with Gasteiger partial charge >= 0.3 is 6.61 Å². The Morgan fingerprint density at radius 3 is 2.82 bits per heavy atom. The number of ether oxygens (including phenoxy) is 1. The zero-order chi connectivity index (χ0) is 22.9. The molecule has 2 aromatic carbocycles. The van der Waals surface area contributed by atoms with Crippen molar-refractivity contribution in [3.05, 3.63) is 83.1 Å². The predicted molar refractivity (Wildman–Crippen MR) is 120 cm³/mol. The van der Waals surface area contributed by atoms with Gasteiger partial charge in [-0.25, -0.2) is 4.68 Å². The molecular formula is C24H17ClF2N4O2. The molecule has 4 aromatic rings. The number of alkyl halides is 2. The van der Waals surface area contributed by atoms with E-state index in [1.165, 1.54) is 12.1 Å². The summed E-state index contributed by atoms with van der Waals surface area (Å²) in [7, 11) is 0. The van der Waals surface area contributed by atoms with Gasteiger partial charge in [-0.05, 0) is 47.5 Å². The van der Waals surface area contributed by atoms with E-state index in [1.807, 2.05) is 30.3 Å². The van der Waals surface area contributed by atoms with Gasteiger partial charge in [0.2, 0.25) is 0 Å². The molecule has 0 radical (unpaired) electrons. The standard InChI is InChI=1S/C24H17ClF2N4O2/c25-15-7-14(8-17(9-15)33-24(26)27)23-10-21(30-31(23)16-3-2-6-28-11-16)18-4-1-5-19-20(18)12-29-22(19)13-32/h1-11,13,22,24,29H,12H2. The number of pyridine rings is 1. The number of hydrogen-bond acceptors (Lipinski definition) is 5. The highest BCUT2D eigenvalue weighted by Gasteiger charge is 2.25. The van der Waals surface area contributed by atoms with Crippen LogP contribution in [0.1, 0.15) is 17.2 Å². The van der Waals surface area contributed by atoms with Crippen LogP contribution in [-0.2, 0) is 11.3 Å². The summed E-state index contributed by atoms with van der Waals surface area (Å²) in [6.45, 7) is -2.44. The molecule has 0 fully saturated rings. The van der Waals surface area contributed by atoms with Gasteiger partial charge < -0.3 is 9.53 Å². The summed E-state index contributed by atoms with van der Waals surface area (Å²) in [6.07, 6.45) is 4.18. The molecule has 1 aliphatic heterocycles. The molecule has 1 atom stereocenters. The minimum atomic E-state index is -2.97. The van der Waals surface area contributed by atoms with E-state index in [1.54, 1.807) is 29.2 Å². The fourth-order valence-corrected chi connectivity index (χ4v) is 4.28. The van der Waals surface area contributed by atoms with Gasteiger partial charge in [-0.2, -0.15) is 13.9 Å². The van der Waals surface area contributed by atoms with Crippen molar-refractivity contribution in [2.75, 3.05) is 0 Å². The smallest absolute Gasteiger partial charge is 0.387 e. The molecule has 6 nitrogen and oxygen atoms in total. The number of fused-ring (bicyclic) bond motifs is 1. The first kappa shape index (κ1) is 21.2. The van der Waals surface area contributed by atoms with Crippen molar-refractivity contribution in [1.29, 1.82) is 0 Å². The predicted octanol–water partition coefficient (Wildman–Crippen LogP) is 5.20. The molecule has 33 heavy (non-hydrogen) atoms. The first-order chi connectivity index (χ1) is 16.0. The van der Waals surface area contributed by atoms with Gasteiger partial charge in [-0.15, -0.1) is 0 Å². The second-order valence-electron chi connectivity index (χ2n) is 7.46. The van der Waals surface area contributed by atoms with E-state index in [4.69, 9.17) is 16.7 Å². The number of nitrogens with zero attached hydrogens (tertiary/aromatic N) is 3. The third-order valence-electron chi connectivity index (χ3n) is 5.45. The van der Waals surface area contributed by atoms with E-state index in [9.17, 15) is 13.6 Å². The summed E-state index contributed by atoms with van der Waals surface area (Å²) >= 11 is 6.21. The highest BCUT2D eigenvalue weighted by molar-refractivity contribution is 6.31. The van der Waals surface area contributed by atoms with Crippen molar-refractivity contribution in [3.8, 4) is 34.0 Å². The number of carbonyl (C=O) groups excluding carboxylic acids is 1. The molecule has 1 N–H and O–H groups in total. The molecule has 9 heteroatoms. The molecule has 166 valence electrons. The largest absolute Gasteiger partial charge is 0.435 e. The maximum atomic E-state index is 12.8. The quantitative estimate of drug-likeness (QED) is 0.396. The number of carbonyl (C=O) groups is 1. The monoisotopic (exact) mass is 466 g/mol. The number of halogens is 3. The Kier molecular flexibility index (Phi) is 5.62. The second kappa shape index (κ2) is 8.73. The van der Waals surface area contributed by atoms with Gasteiger partial charge in [0, 0.05) is 28.9 Å². The second-order valence-corrected chi connectivity index (χ2v) is 7.90. The molecule has 3 heterocycles. The van der Waals surface area contributed by atoms with Crippen LogP contribution >= 0.6 is 11.6 Å². The first-order valence-electron chi connectivity index (χ1n) is 10.1. The lowest BCUT2D eigenvalue weighted by Gasteiger charge is -2.10. The van der Waals surface area contributed by atoms with Gasteiger partial charge in [-0.1, -0.05) is 29.8 Å². The molecule has 0 amide bonds. The summed E-state index contributed by atoms with van der Waals surface area (Å²) in [5.74, 6) is -0.0494. The van der Waals surface area contributed by atoms with Gasteiger partial charge in [0.15, 0.2) is 0 Å². The lowest BCUT2D eigenvalue weighted by molar-refractivity contribution is -0.109. The summed E-state index contributed by atoms with van der Waals surface area (Å²) in [6, 6.07) is 15.3. The van der Waals surface area contributed by atoms with Crippen molar-refractivity contribution in [3.63, 3.8) is 0 Å². The highest BCUT2D eigenvalue weighted by Crippen LogP contribution is 2.37. The van der Waals surface area contributed by atoms with Crippen LogP contribution < -0.4 is 10.1 Å². The average Bonchev–Trinajstić information content (AvgIpc) is 3.43. The molecule has 1 aliphatic rings.